The number of carbonyl (C=O) groups excluding carboxylic acids is 1. The van der Waals surface area contributed by atoms with Crippen molar-refractivity contribution in [1.29, 1.82) is 0 Å². The van der Waals surface area contributed by atoms with Gasteiger partial charge in [0.2, 0.25) is 0 Å². The molecule has 0 aliphatic carbocycles. The number of alkyl halides is 1. The lowest BCUT2D eigenvalue weighted by Crippen LogP contribution is -2.52. The number of aliphatic hydroxyl groups is 1. The number of sulfone groups is 1. The second-order valence-electron chi connectivity index (χ2n) is 8.67. The molecule has 1 N–H and O–H groups in total. The minimum atomic E-state index is -3.83. The van der Waals surface area contributed by atoms with E-state index < -0.39 is 27.6 Å². The van der Waals surface area contributed by atoms with Gasteiger partial charge in [-0.3, -0.25) is 14.7 Å². The predicted molar refractivity (Wildman–Crippen MR) is 146 cm³/mol. The molecule has 0 unspecified atom stereocenters. The molecule has 0 radical (unpaired) electrons. The van der Waals surface area contributed by atoms with Gasteiger partial charge in [-0.25, -0.2) is 8.42 Å². The number of aromatic nitrogens is 1. The maximum atomic E-state index is 13.0. The SMILES string of the molecule is C/N=c1\scc(CN2CCN(C(=O)[C@H](O)CS(=O)(=O)c3ccc4cc(CI)ccc4c3)CC2)n1C. The van der Waals surface area contributed by atoms with Crippen LogP contribution in [0.1, 0.15) is 11.3 Å². The standard InChI is InChI=1S/C24H29IN4O4S2/c1-26-24-27(2)20(15-34-24)14-28-7-9-29(10-8-28)23(31)22(30)16-35(32,33)21-6-5-18-11-17(13-25)3-4-19(18)12-21/h3-6,11-12,15,22,30H,7-10,13-14,16H2,1-2H3/b26-24-/t22-/m1/s1. The summed E-state index contributed by atoms with van der Waals surface area (Å²) in [6.45, 7) is 2.96. The Kier molecular flexibility index (Phi) is 8.31. The van der Waals surface area contributed by atoms with Gasteiger partial charge in [-0.15, -0.1) is 11.3 Å². The monoisotopic (exact) mass is 628 g/mol. The van der Waals surface area contributed by atoms with E-state index in [1.165, 1.54) is 5.56 Å². The highest BCUT2D eigenvalue weighted by atomic mass is 127. The molecule has 8 nitrogen and oxygen atoms in total. The first-order chi connectivity index (χ1) is 16.7. The summed E-state index contributed by atoms with van der Waals surface area (Å²) in [5, 5.41) is 14.4. The molecule has 1 aliphatic rings. The predicted octanol–water partition coefficient (Wildman–Crippen LogP) is 2.18. The van der Waals surface area contributed by atoms with E-state index in [1.54, 1.807) is 41.5 Å². The number of thiazole rings is 1. The van der Waals surface area contributed by atoms with Crippen LogP contribution in [0.3, 0.4) is 0 Å². The van der Waals surface area contributed by atoms with Crippen molar-refractivity contribution in [2.45, 2.75) is 22.0 Å². The molecule has 0 spiro atoms. The Morgan fingerprint density at radius 2 is 1.83 bits per heavy atom. The number of hydrogen-bond acceptors (Lipinski definition) is 7. The van der Waals surface area contributed by atoms with Gasteiger partial charge < -0.3 is 14.6 Å². The second-order valence-corrected chi connectivity index (χ2v) is 12.3. The normalized spacial score (nSPS) is 16.7. The lowest BCUT2D eigenvalue weighted by atomic mass is 10.1. The van der Waals surface area contributed by atoms with Crippen molar-refractivity contribution in [3.63, 3.8) is 0 Å². The largest absolute Gasteiger partial charge is 0.382 e. The van der Waals surface area contributed by atoms with Gasteiger partial charge in [-0.1, -0.05) is 46.9 Å². The molecule has 188 valence electrons. The zero-order chi connectivity index (χ0) is 25.2. The molecular formula is C24H29IN4O4S2. The number of rotatable bonds is 7. The molecule has 1 amide bonds. The summed E-state index contributed by atoms with van der Waals surface area (Å²) in [5.41, 5.74) is 2.32. The van der Waals surface area contributed by atoms with Crippen molar-refractivity contribution >= 4 is 60.4 Å². The molecule has 2 aromatic carbocycles. The van der Waals surface area contributed by atoms with Gasteiger partial charge in [-0.2, -0.15) is 0 Å². The minimum Gasteiger partial charge on any atom is -0.382 e. The average Bonchev–Trinajstić information content (AvgIpc) is 3.21. The number of halogens is 1. The number of piperazine rings is 1. The molecule has 2 heterocycles. The molecule has 1 atom stereocenters. The van der Waals surface area contributed by atoms with E-state index in [9.17, 15) is 18.3 Å². The summed E-state index contributed by atoms with van der Waals surface area (Å²) in [7, 11) is -0.0671. The first-order valence-corrected chi connectivity index (χ1v) is 15.3. The van der Waals surface area contributed by atoms with Crippen molar-refractivity contribution in [2.75, 3.05) is 39.0 Å². The summed E-state index contributed by atoms with van der Waals surface area (Å²) < 4.78 is 28.9. The van der Waals surface area contributed by atoms with E-state index in [1.807, 2.05) is 25.2 Å². The van der Waals surface area contributed by atoms with Gasteiger partial charge >= 0.3 is 0 Å². The number of fused-ring (bicyclic) bond motifs is 1. The number of carbonyl (C=O) groups is 1. The molecule has 11 heteroatoms. The molecular weight excluding hydrogens is 599 g/mol. The van der Waals surface area contributed by atoms with Crippen molar-refractivity contribution in [1.82, 2.24) is 14.4 Å². The Morgan fingerprint density at radius 3 is 2.49 bits per heavy atom. The molecule has 4 rings (SSSR count). The molecule has 3 aromatic rings. The number of nitrogens with zero attached hydrogens (tertiary/aromatic N) is 4. The molecule has 1 saturated heterocycles. The van der Waals surface area contributed by atoms with Crippen LogP contribution in [-0.2, 0) is 32.7 Å². The fourth-order valence-corrected chi connectivity index (χ4v) is 6.90. The number of aliphatic hydroxyl groups excluding tert-OH is 1. The fraction of sp³-hybridized carbons (Fsp3) is 0.417. The smallest absolute Gasteiger partial charge is 0.252 e. The Labute approximate surface area is 223 Å². The quantitative estimate of drug-likeness (QED) is 0.320. The van der Waals surface area contributed by atoms with Gasteiger partial charge in [0.15, 0.2) is 14.6 Å². The molecule has 0 bridgehead atoms. The van der Waals surface area contributed by atoms with Gasteiger partial charge in [0, 0.05) is 62.3 Å². The van der Waals surface area contributed by atoms with Crippen LogP contribution in [0, 0.1) is 0 Å². The van der Waals surface area contributed by atoms with Gasteiger partial charge in [-0.05, 0) is 28.5 Å². The number of amides is 1. The summed E-state index contributed by atoms with van der Waals surface area (Å²) >= 11 is 3.88. The van der Waals surface area contributed by atoms with Gasteiger partial charge in [0.1, 0.15) is 6.10 Å². The number of benzene rings is 2. The Bertz CT molecular complexity index is 1390. The second kappa shape index (κ2) is 11.1. The van der Waals surface area contributed by atoms with Gasteiger partial charge in [0.05, 0.1) is 10.6 Å². The molecule has 35 heavy (non-hydrogen) atoms. The van der Waals surface area contributed by atoms with Crippen LogP contribution in [0.5, 0.6) is 0 Å². The highest BCUT2D eigenvalue weighted by Crippen LogP contribution is 2.23. The molecule has 0 saturated carbocycles. The van der Waals surface area contributed by atoms with Crippen molar-refractivity contribution in [3.8, 4) is 0 Å². The zero-order valence-electron chi connectivity index (χ0n) is 19.7. The van der Waals surface area contributed by atoms with Crippen molar-refractivity contribution < 1.29 is 18.3 Å². The summed E-state index contributed by atoms with van der Waals surface area (Å²) in [4.78, 5) is 21.9. The lowest BCUT2D eigenvalue weighted by Gasteiger charge is -2.35. The van der Waals surface area contributed by atoms with E-state index >= 15 is 0 Å². The Morgan fingerprint density at radius 1 is 1.14 bits per heavy atom. The van der Waals surface area contributed by atoms with Crippen LogP contribution < -0.4 is 4.80 Å². The number of hydrogen-bond donors (Lipinski definition) is 1. The highest BCUT2D eigenvalue weighted by Gasteiger charge is 2.30. The van der Waals surface area contributed by atoms with Crippen LogP contribution in [0.4, 0.5) is 0 Å². The van der Waals surface area contributed by atoms with E-state index in [4.69, 9.17) is 0 Å². The maximum absolute atomic E-state index is 13.0. The highest BCUT2D eigenvalue weighted by molar-refractivity contribution is 14.1. The minimum absolute atomic E-state index is 0.116. The van der Waals surface area contributed by atoms with E-state index in [-0.39, 0.29) is 4.90 Å². The Balaban J connectivity index is 1.36. The van der Waals surface area contributed by atoms with Crippen LogP contribution in [-0.4, -0.2) is 78.9 Å². The average molecular weight is 629 g/mol. The van der Waals surface area contributed by atoms with Crippen LogP contribution in [0.25, 0.3) is 10.8 Å². The van der Waals surface area contributed by atoms with Gasteiger partial charge in [0.25, 0.3) is 5.91 Å². The lowest BCUT2D eigenvalue weighted by molar-refractivity contribution is -0.140. The third-order valence-corrected chi connectivity index (χ3v) is 10.00. The first kappa shape index (κ1) is 26.3. The fourth-order valence-electron chi connectivity index (χ4n) is 4.24. The van der Waals surface area contributed by atoms with E-state index in [0.29, 0.717) is 26.2 Å². The third kappa shape index (κ3) is 5.96. The Hall–Kier alpha value is -1.80. The van der Waals surface area contributed by atoms with Crippen LogP contribution in [0.15, 0.2) is 51.7 Å². The van der Waals surface area contributed by atoms with Crippen LogP contribution in [0.2, 0.25) is 0 Å². The summed E-state index contributed by atoms with van der Waals surface area (Å²) in [6.07, 6.45) is -1.59. The first-order valence-electron chi connectivity index (χ1n) is 11.3. The molecule has 1 aliphatic heterocycles. The topological polar surface area (TPSA) is 95.2 Å². The summed E-state index contributed by atoms with van der Waals surface area (Å²) in [5.74, 6) is -1.16. The van der Waals surface area contributed by atoms with Crippen molar-refractivity contribution in [2.24, 2.45) is 12.0 Å². The van der Waals surface area contributed by atoms with Crippen LogP contribution >= 0.6 is 33.9 Å². The molecule has 1 aromatic heterocycles. The molecule has 1 fully saturated rings. The van der Waals surface area contributed by atoms with E-state index in [2.05, 4.69) is 42.4 Å². The van der Waals surface area contributed by atoms with Crippen molar-refractivity contribution in [3.05, 3.63) is 57.8 Å². The third-order valence-electron chi connectivity index (χ3n) is 6.33. The maximum Gasteiger partial charge on any atom is 0.252 e. The zero-order valence-corrected chi connectivity index (χ0v) is 23.5. The summed E-state index contributed by atoms with van der Waals surface area (Å²) in [6, 6.07) is 10.8. The van der Waals surface area contributed by atoms with E-state index in [0.717, 1.165) is 32.2 Å².